The van der Waals surface area contributed by atoms with Gasteiger partial charge in [-0.2, -0.15) is 0 Å². The summed E-state index contributed by atoms with van der Waals surface area (Å²) < 4.78 is 0. The summed E-state index contributed by atoms with van der Waals surface area (Å²) in [5.41, 5.74) is 4.06. The molecule has 3 rings (SSSR count). The molecule has 0 spiro atoms. The van der Waals surface area contributed by atoms with Crippen molar-refractivity contribution in [1.29, 1.82) is 0 Å². The first-order chi connectivity index (χ1) is 5.45. The van der Waals surface area contributed by atoms with Gasteiger partial charge in [0.05, 0.1) is 5.69 Å². The van der Waals surface area contributed by atoms with Gasteiger partial charge < -0.3 is 0 Å². The Balaban J connectivity index is 2.17. The number of hydrogen-bond acceptors (Lipinski definition) is 1. The molecule has 1 aliphatic carbocycles. The molecule has 0 atom stereocenters. The monoisotopic (exact) mass is 143 g/mol. The van der Waals surface area contributed by atoms with E-state index in [2.05, 4.69) is 23.2 Å². The van der Waals surface area contributed by atoms with E-state index in [1.165, 1.54) is 29.7 Å². The van der Waals surface area contributed by atoms with Gasteiger partial charge in [-0.15, -0.1) is 0 Å². The molecule has 1 heteroatoms. The predicted molar refractivity (Wildman–Crippen MR) is 45.7 cm³/mol. The second kappa shape index (κ2) is 1.73. The van der Waals surface area contributed by atoms with E-state index in [-0.39, 0.29) is 0 Å². The van der Waals surface area contributed by atoms with Crippen molar-refractivity contribution >= 4 is 11.9 Å². The quantitative estimate of drug-likeness (QED) is 0.582. The Bertz CT molecular complexity index is 335. The summed E-state index contributed by atoms with van der Waals surface area (Å²) in [4.78, 5) is 4.27. The van der Waals surface area contributed by atoms with Gasteiger partial charge in [0.2, 0.25) is 0 Å². The van der Waals surface area contributed by atoms with Crippen LogP contribution in [0.5, 0.6) is 0 Å². The van der Waals surface area contributed by atoms with E-state index in [4.69, 9.17) is 0 Å². The van der Waals surface area contributed by atoms with E-state index >= 15 is 0 Å². The number of nitrogens with zero attached hydrogens (tertiary/aromatic N) is 1. The average molecular weight is 143 g/mol. The largest absolute Gasteiger partial charge is 0.255 e. The fourth-order valence-electron chi connectivity index (χ4n) is 1.62. The highest BCUT2D eigenvalue weighted by Gasteiger charge is 2.27. The second-order valence-electron chi connectivity index (χ2n) is 3.32. The number of rotatable bonds is 1. The van der Waals surface area contributed by atoms with Crippen molar-refractivity contribution in [3.05, 3.63) is 29.3 Å². The van der Waals surface area contributed by atoms with Crippen LogP contribution in [0.3, 0.4) is 0 Å². The molecule has 1 aromatic rings. The van der Waals surface area contributed by atoms with E-state index in [0.717, 1.165) is 5.92 Å². The number of para-hydroxylation sites is 1. The van der Waals surface area contributed by atoms with Crippen LogP contribution < -0.4 is 0 Å². The molecule has 0 N–H and O–H groups in total. The lowest BCUT2D eigenvalue weighted by atomic mass is 10.0. The summed E-state index contributed by atoms with van der Waals surface area (Å²) in [6.07, 6.45) is 4.68. The van der Waals surface area contributed by atoms with Gasteiger partial charge in [0.15, 0.2) is 0 Å². The maximum absolute atomic E-state index is 4.27. The third-order valence-electron chi connectivity index (χ3n) is 2.45. The van der Waals surface area contributed by atoms with Crippen molar-refractivity contribution in [3.8, 4) is 0 Å². The summed E-state index contributed by atoms with van der Waals surface area (Å²) in [6, 6.07) is 6.48. The molecular formula is C10H9N. The van der Waals surface area contributed by atoms with Crippen LogP contribution in [0.15, 0.2) is 23.2 Å². The lowest BCUT2D eigenvalue weighted by Crippen LogP contribution is -1.95. The molecule has 1 nitrogen and oxygen atoms in total. The first-order valence-corrected chi connectivity index (χ1v) is 4.12. The minimum Gasteiger partial charge on any atom is -0.255 e. The van der Waals surface area contributed by atoms with Crippen LogP contribution in [0.4, 0.5) is 5.69 Å². The molecule has 1 heterocycles. The summed E-state index contributed by atoms with van der Waals surface area (Å²) in [6.45, 7) is 0. The van der Waals surface area contributed by atoms with Crippen molar-refractivity contribution in [2.75, 3.05) is 0 Å². The molecule has 2 aliphatic rings. The van der Waals surface area contributed by atoms with Gasteiger partial charge in [-0.3, -0.25) is 4.99 Å². The molecule has 1 fully saturated rings. The predicted octanol–water partition coefficient (Wildman–Crippen LogP) is 2.63. The summed E-state index contributed by atoms with van der Waals surface area (Å²) >= 11 is 0. The third-order valence-corrected chi connectivity index (χ3v) is 2.45. The Labute approximate surface area is 65.8 Å². The van der Waals surface area contributed by atoms with Crippen LogP contribution in [0.2, 0.25) is 0 Å². The zero-order valence-corrected chi connectivity index (χ0v) is 6.25. The molecule has 1 saturated carbocycles. The maximum Gasteiger partial charge on any atom is 0.0752 e. The number of fused-ring (bicyclic) bond motifs is 1. The van der Waals surface area contributed by atoms with Crippen molar-refractivity contribution in [1.82, 2.24) is 0 Å². The SMILES string of the molecule is C1=Nc2c1cccc2C1CC1. The van der Waals surface area contributed by atoms with Gasteiger partial charge >= 0.3 is 0 Å². The molecule has 54 valence electrons. The standard InChI is InChI=1S/C10H9N/c1-2-8-6-11-10(8)9(3-1)7-4-5-7/h1-3,6-7H,4-5H2. The lowest BCUT2D eigenvalue weighted by Gasteiger charge is -2.13. The summed E-state index contributed by atoms with van der Waals surface area (Å²) in [7, 11) is 0. The van der Waals surface area contributed by atoms with Crippen molar-refractivity contribution in [2.45, 2.75) is 18.8 Å². The van der Waals surface area contributed by atoms with Gasteiger partial charge in [0.1, 0.15) is 0 Å². The van der Waals surface area contributed by atoms with Gasteiger partial charge in [0, 0.05) is 11.8 Å². The Morgan fingerprint density at radius 2 is 2.18 bits per heavy atom. The molecular weight excluding hydrogens is 134 g/mol. The maximum atomic E-state index is 4.27. The van der Waals surface area contributed by atoms with Gasteiger partial charge in [-0.1, -0.05) is 18.2 Å². The van der Waals surface area contributed by atoms with E-state index < -0.39 is 0 Å². The number of benzene rings is 1. The van der Waals surface area contributed by atoms with Crippen molar-refractivity contribution < 1.29 is 0 Å². The molecule has 0 unspecified atom stereocenters. The minimum atomic E-state index is 0.836. The Kier molecular flexibility index (Phi) is 0.869. The molecule has 0 amide bonds. The van der Waals surface area contributed by atoms with E-state index in [1.54, 1.807) is 0 Å². The summed E-state index contributed by atoms with van der Waals surface area (Å²) in [5, 5.41) is 0. The zero-order chi connectivity index (χ0) is 7.26. The van der Waals surface area contributed by atoms with Crippen LogP contribution in [0, 0.1) is 0 Å². The topological polar surface area (TPSA) is 12.4 Å². The number of aliphatic imine (C=N–C) groups is 1. The molecule has 0 bridgehead atoms. The normalized spacial score (nSPS) is 19.3. The van der Waals surface area contributed by atoms with Crippen LogP contribution in [0.25, 0.3) is 0 Å². The first-order valence-electron chi connectivity index (χ1n) is 4.12. The second-order valence-corrected chi connectivity index (χ2v) is 3.32. The van der Waals surface area contributed by atoms with Crippen LogP contribution >= 0.6 is 0 Å². The molecule has 1 aromatic carbocycles. The van der Waals surface area contributed by atoms with Gasteiger partial charge in [-0.25, -0.2) is 0 Å². The smallest absolute Gasteiger partial charge is 0.0752 e. The van der Waals surface area contributed by atoms with Crippen LogP contribution in [0.1, 0.15) is 29.9 Å². The third kappa shape index (κ3) is 0.681. The van der Waals surface area contributed by atoms with Gasteiger partial charge in [-0.05, 0) is 24.3 Å². The molecule has 1 aliphatic heterocycles. The van der Waals surface area contributed by atoms with E-state index in [9.17, 15) is 0 Å². The molecule has 11 heavy (non-hydrogen) atoms. The molecule has 0 saturated heterocycles. The number of hydrogen-bond donors (Lipinski definition) is 0. The summed E-state index contributed by atoms with van der Waals surface area (Å²) in [5.74, 6) is 0.836. The van der Waals surface area contributed by atoms with Crippen molar-refractivity contribution in [2.24, 2.45) is 4.99 Å². The highest BCUT2D eigenvalue weighted by molar-refractivity contribution is 5.97. The van der Waals surface area contributed by atoms with Gasteiger partial charge in [0.25, 0.3) is 0 Å². The Morgan fingerprint density at radius 3 is 2.82 bits per heavy atom. The lowest BCUT2D eigenvalue weighted by molar-refractivity contribution is 1.12. The molecule has 0 aromatic heterocycles. The zero-order valence-electron chi connectivity index (χ0n) is 6.25. The van der Waals surface area contributed by atoms with E-state index in [0.29, 0.717) is 0 Å². The highest BCUT2D eigenvalue weighted by Crippen LogP contribution is 2.46. The fourth-order valence-corrected chi connectivity index (χ4v) is 1.62. The van der Waals surface area contributed by atoms with Crippen LogP contribution in [-0.2, 0) is 0 Å². The molecule has 0 radical (unpaired) electrons. The van der Waals surface area contributed by atoms with Crippen molar-refractivity contribution in [3.63, 3.8) is 0 Å². The minimum absolute atomic E-state index is 0.836. The highest BCUT2D eigenvalue weighted by atomic mass is 14.8. The van der Waals surface area contributed by atoms with E-state index in [1.807, 2.05) is 6.21 Å². The fraction of sp³-hybridized carbons (Fsp3) is 0.300. The Hall–Kier alpha value is -1.11. The first kappa shape index (κ1) is 5.53. The average Bonchev–Trinajstić information content (AvgIpc) is 2.72. The Morgan fingerprint density at radius 1 is 1.27 bits per heavy atom. The van der Waals surface area contributed by atoms with Crippen LogP contribution in [-0.4, -0.2) is 6.21 Å².